The fourth-order valence-corrected chi connectivity index (χ4v) is 3.02. The van der Waals surface area contributed by atoms with Crippen LogP contribution in [0.1, 0.15) is 5.56 Å². The molecule has 0 bridgehead atoms. The first-order chi connectivity index (χ1) is 12.5. The van der Waals surface area contributed by atoms with Crippen LogP contribution in [-0.4, -0.2) is 71.1 Å². The summed E-state index contributed by atoms with van der Waals surface area (Å²) in [5.41, 5.74) is 0.0861. The molecule has 26 heavy (non-hydrogen) atoms. The standard InChI is InChI=1S/C17H21N5O3S/c1-20-7-9-21(10-8-20)18-11-12-15(23)19-17(26)22(16(12)24)13-5-3-4-6-14(13)25-2/h3-6,11,24H,7-10H2,1-2H3,(H,19,23,26). The smallest absolute Gasteiger partial charge is 0.264 e. The van der Waals surface area contributed by atoms with Crippen molar-refractivity contribution in [3.8, 4) is 17.3 Å². The van der Waals surface area contributed by atoms with E-state index in [-0.39, 0.29) is 16.2 Å². The van der Waals surface area contributed by atoms with Gasteiger partial charge in [0.25, 0.3) is 5.56 Å². The minimum absolute atomic E-state index is 0.0448. The molecule has 8 nitrogen and oxygen atoms in total. The molecule has 1 fully saturated rings. The van der Waals surface area contributed by atoms with Crippen molar-refractivity contribution in [2.75, 3.05) is 40.3 Å². The summed E-state index contributed by atoms with van der Waals surface area (Å²) < 4.78 is 6.77. The van der Waals surface area contributed by atoms with Gasteiger partial charge in [-0.1, -0.05) is 12.1 Å². The Labute approximate surface area is 155 Å². The lowest BCUT2D eigenvalue weighted by molar-refractivity contribution is 0.159. The quantitative estimate of drug-likeness (QED) is 0.617. The highest BCUT2D eigenvalue weighted by Crippen LogP contribution is 2.26. The molecule has 0 radical (unpaired) electrons. The Morgan fingerprint density at radius 3 is 2.65 bits per heavy atom. The van der Waals surface area contributed by atoms with Gasteiger partial charge in [0.05, 0.1) is 19.0 Å². The lowest BCUT2D eigenvalue weighted by Gasteiger charge is -2.30. The zero-order valence-electron chi connectivity index (χ0n) is 14.7. The number of hydrogen-bond donors (Lipinski definition) is 2. The molecule has 3 rings (SSSR count). The van der Waals surface area contributed by atoms with Gasteiger partial charge in [-0.2, -0.15) is 5.10 Å². The van der Waals surface area contributed by atoms with Gasteiger partial charge in [0, 0.05) is 26.2 Å². The molecule has 0 aliphatic carbocycles. The number of ether oxygens (including phenoxy) is 1. The van der Waals surface area contributed by atoms with Crippen LogP contribution in [0, 0.1) is 4.77 Å². The Morgan fingerprint density at radius 2 is 1.96 bits per heavy atom. The monoisotopic (exact) mass is 375 g/mol. The van der Waals surface area contributed by atoms with Crippen LogP contribution in [-0.2, 0) is 0 Å². The molecule has 2 heterocycles. The summed E-state index contributed by atoms with van der Waals surface area (Å²) in [4.78, 5) is 17.1. The zero-order valence-corrected chi connectivity index (χ0v) is 15.5. The van der Waals surface area contributed by atoms with Gasteiger partial charge in [-0.05, 0) is 31.4 Å². The van der Waals surface area contributed by atoms with Crippen LogP contribution in [0.4, 0.5) is 0 Å². The van der Waals surface area contributed by atoms with E-state index in [1.165, 1.54) is 17.9 Å². The molecule has 1 aromatic carbocycles. The third-order valence-electron chi connectivity index (χ3n) is 4.28. The molecule has 0 saturated carbocycles. The number of rotatable bonds is 4. The van der Waals surface area contributed by atoms with Crippen LogP contribution in [0.2, 0.25) is 0 Å². The third-order valence-corrected chi connectivity index (χ3v) is 4.56. The number of benzene rings is 1. The molecule has 0 atom stereocenters. The number of H-pyrrole nitrogens is 1. The number of aromatic nitrogens is 2. The van der Waals surface area contributed by atoms with Crippen molar-refractivity contribution in [2.24, 2.45) is 5.10 Å². The van der Waals surface area contributed by atoms with Crippen LogP contribution < -0.4 is 10.3 Å². The van der Waals surface area contributed by atoms with E-state index in [1.54, 1.807) is 18.2 Å². The van der Waals surface area contributed by atoms with Gasteiger partial charge in [0.2, 0.25) is 5.88 Å². The van der Waals surface area contributed by atoms with Gasteiger partial charge in [0.1, 0.15) is 11.3 Å². The Kier molecular flexibility index (Phi) is 5.38. The van der Waals surface area contributed by atoms with Gasteiger partial charge >= 0.3 is 0 Å². The predicted molar refractivity (Wildman–Crippen MR) is 102 cm³/mol. The molecular formula is C17H21N5O3S. The average molecular weight is 375 g/mol. The summed E-state index contributed by atoms with van der Waals surface area (Å²) in [5, 5.41) is 16.9. The van der Waals surface area contributed by atoms with E-state index in [4.69, 9.17) is 17.0 Å². The molecular weight excluding hydrogens is 354 g/mol. The summed E-state index contributed by atoms with van der Waals surface area (Å²) in [6.45, 7) is 3.31. The number of nitrogens with zero attached hydrogens (tertiary/aromatic N) is 4. The number of aromatic amines is 1. The molecule has 0 spiro atoms. The van der Waals surface area contributed by atoms with Gasteiger partial charge in [-0.3, -0.25) is 19.4 Å². The Morgan fingerprint density at radius 1 is 1.27 bits per heavy atom. The number of para-hydroxylation sites is 2. The van der Waals surface area contributed by atoms with Gasteiger partial charge in [0.15, 0.2) is 4.77 Å². The first kappa shape index (κ1) is 18.2. The lowest BCUT2D eigenvalue weighted by atomic mass is 10.2. The molecule has 1 saturated heterocycles. The zero-order chi connectivity index (χ0) is 18.7. The maximum atomic E-state index is 12.3. The maximum Gasteiger partial charge on any atom is 0.264 e. The van der Waals surface area contributed by atoms with E-state index in [0.717, 1.165) is 26.2 Å². The van der Waals surface area contributed by atoms with Crippen LogP contribution in [0.5, 0.6) is 11.6 Å². The van der Waals surface area contributed by atoms with E-state index in [2.05, 4.69) is 22.0 Å². The molecule has 1 aromatic heterocycles. The normalized spacial score (nSPS) is 15.5. The van der Waals surface area contributed by atoms with Gasteiger partial charge in [-0.25, -0.2) is 0 Å². The van der Waals surface area contributed by atoms with Crippen molar-refractivity contribution in [1.29, 1.82) is 0 Å². The number of aromatic hydroxyl groups is 1. The Balaban J connectivity index is 2.02. The number of methoxy groups -OCH3 is 1. The van der Waals surface area contributed by atoms with E-state index >= 15 is 0 Å². The Bertz CT molecular complexity index is 929. The van der Waals surface area contributed by atoms with E-state index in [0.29, 0.717) is 11.4 Å². The topological polar surface area (TPSA) is 86.1 Å². The molecule has 9 heteroatoms. The number of hydrazone groups is 1. The number of likely N-dealkylation sites (N-methyl/N-ethyl adjacent to an activating group) is 1. The minimum atomic E-state index is -0.489. The second-order valence-electron chi connectivity index (χ2n) is 6.01. The molecule has 0 unspecified atom stereocenters. The van der Waals surface area contributed by atoms with Gasteiger partial charge in [-0.15, -0.1) is 0 Å². The van der Waals surface area contributed by atoms with Crippen molar-refractivity contribution in [2.45, 2.75) is 0 Å². The van der Waals surface area contributed by atoms with Crippen molar-refractivity contribution < 1.29 is 9.84 Å². The highest BCUT2D eigenvalue weighted by Gasteiger charge is 2.16. The largest absolute Gasteiger partial charge is 0.495 e. The highest BCUT2D eigenvalue weighted by molar-refractivity contribution is 7.71. The first-order valence-corrected chi connectivity index (χ1v) is 8.61. The number of hydrogen-bond acceptors (Lipinski definition) is 7. The summed E-state index contributed by atoms with van der Waals surface area (Å²) in [6, 6.07) is 7.10. The summed E-state index contributed by atoms with van der Waals surface area (Å²) >= 11 is 5.23. The first-order valence-electron chi connectivity index (χ1n) is 8.20. The third kappa shape index (κ3) is 3.63. The molecule has 2 aromatic rings. The molecule has 1 aliphatic rings. The SMILES string of the molecule is COc1ccccc1-n1c(O)c(C=NN2CCN(C)CC2)c(=O)[nH]c1=S. The van der Waals surface area contributed by atoms with E-state index in [1.807, 2.05) is 11.1 Å². The lowest BCUT2D eigenvalue weighted by Crippen LogP contribution is -2.41. The van der Waals surface area contributed by atoms with Gasteiger partial charge < -0.3 is 14.7 Å². The van der Waals surface area contributed by atoms with Crippen LogP contribution >= 0.6 is 12.2 Å². The fourth-order valence-electron chi connectivity index (χ4n) is 2.74. The van der Waals surface area contributed by atoms with Crippen LogP contribution in [0.25, 0.3) is 5.69 Å². The highest BCUT2D eigenvalue weighted by atomic mass is 32.1. The van der Waals surface area contributed by atoms with E-state index in [9.17, 15) is 9.90 Å². The number of nitrogens with one attached hydrogen (secondary N) is 1. The minimum Gasteiger partial charge on any atom is -0.495 e. The van der Waals surface area contributed by atoms with Crippen LogP contribution in [0.3, 0.4) is 0 Å². The predicted octanol–water partition coefficient (Wildman–Crippen LogP) is 1.19. The van der Waals surface area contributed by atoms with E-state index < -0.39 is 5.56 Å². The fraction of sp³-hybridized carbons (Fsp3) is 0.353. The molecule has 2 N–H and O–H groups in total. The van der Waals surface area contributed by atoms with Crippen LogP contribution in [0.15, 0.2) is 34.2 Å². The molecule has 138 valence electrons. The van der Waals surface area contributed by atoms with Crippen molar-refractivity contribution >= 4 is 18.4 Å². The number of piperazine rings is 1. The Hall–Kier alpha value is -2.65. The van der Waals surface area contributed by atoms with Crippen molar-refractivity contribution in [3.63, 3.8) is 0 Å². The summed E-state index contributed by atoms with van der Waals surface area (Å²) in [7, 11) is 3.58. The second kappa shape index (κ2) is 7.71. The molecule has 1 aliphatic heterocycles. The summed E-state index contributed by atoms with van der Waals surface area (Å²) in [5.74, 6) is 0.244. The molecule has 0 amide bonds. The maximum absolute atomic E-state index is 12.3. The second-order valence-corrected chi connectivity index (χ2v) is 6.39. The average Bonchev–Trinajstić information content (AvgIpc) is 2.63. The summed E-state index contributed by atoms with van der Waals surface area (Å²) in [6.07, 6.45) is 1.38. The van der Waals surface area contributed by atoms with Crippen molar-refractivity contribution in [1.82, 2.24) is 19.5 Å². The van der Waals surface area contributed by atoms with Crippen molar-refractivity contribution in [3.05, 3.63) is 45.0 Å².